The Hall–Kier alpha value is -1.76. The van der Waals surface area contributed by atoms with Crippen molar-refractivity contribution < 1.29 is 0 Å². The maximum Gasteiger partial charge on any atom is 0.0443 e. The van der Waals surface area contributed by atoms with Crippen LogP contribution in [0.4, 0.5) is 11.4 Å². The van der Waals surface area contributed by atoms with Crippen molar-refractivity contribution in [2.24, 2.45) is 0 Å². The van der Waals surface area contributed by atoms with E-state index < -0.39 is 0 Å². The zero-order chi connectivity index (χ0) is 23.4. The first-order chi connectivity index (χ1) is 16.4. The minimum atomic E-state index is 1.12. The first kappa shape index (κ1) is 27.5. The number of hydrogen-bond donors (Lipinski definition) is 0. The van der Waals surface area contributed by atoms with Crippen LogP contribution >= 0.6 is 0 Å². The molecule has 0 aliphatic heterocycles. The third kappa shape index (κ3) is 11.8. The smallest absolute Gasteiger partial charge is 0.0443 e. The van der Waals surface area contributed by atoms with E-state index in [1.54, 1.807) is 0 Å². The summed E-state index contributed by atoms with van der Waals surface area (Å²) in [5, 5.41) is 0. The summed E-state index contributed by atoms with van der Waals surface area (Å²) in [5.74, 6) is 0. The summed E-state index contributed by atoms with van der Waals surface area (Å²) in [6.07, 6.45) is 23.3. The molecule has 0 amide bonds. The molecule has 0 aliphatic carbocycles. The number of para-hydroxylation sites is 2. The second-order valence-electron chi connectivity index (χ2n) is 9.82. The lowest BCUT2D eigenvalue weighted by atomic mass is 10.0. The molecule has 2 rings (SSSR count). The Morgan fingerprint density at radius 1 is 0.485 bits per heavy atom. The van der Waals surface area contributed by atoms with Crippen molar-refractivity contribution in [3.8, 4) is 0 Å². The van der Waals surface area contributed by atoms with Crippen LogP contribution in [0.1, 0.15) is 122 Å². The number of unbranched alkanes of at least 4 members (excludes halogenated alkanes) is 14. The van der Waals surface area contributed by atoms with Gasteiger partial charge in [0, 0.05) is 17.9 Å². The van der Waals surface area contributed by atoms with Crippen molar-refractivity contribution in [3.05, 3.63) is 60.2 Å². The fourth-order valence-corrected chi connectivity index (χ4v) is 4.84. The quantitative estimate of drug-likeness (QED) is 0.182. The van der Waals surface area contributed by atoms with Gasteiger partial charge < -0.3 is 4.90 Å². The molecule has 0 spiro atoms. The second-order valence-corrected chi connectivity index (χ2v) is 9.82. The van der Waals surface area contributed by atoms with E-state index in [1.807, 2.05) is 0 Å². The number of nitrogens with zero attached hydrogens (tertiary/aromatic N) is 1. The minimum absolute atomic E-state index is 1.12. The lowest BCUT2D eigenvalue weighted by Gasteiger charge is -2.27. The fourth-order valence-electron chi connectivity index (χ4n) is 4.84. The van der Waals surface area contributed by atoms with Gasteiger partial charge in [-0.25, -0.2) is 0 Å². The lowest BCUT2D eigenvalue weighted by Crippen LogP contribution is -2.20. The third-order valence-corrected chi connectivity index (χ3v) is 6.89. The molecule has 0 bridgehead atoms. The Kier molecular flexibility index (Phi) is 15.5. The van der Waals surface area contributed by atoms with E-state index in [0.29, 0.717) is 0 Å². The van der Waals surface area contributed by atoms with Gasteiger partial charge in [0.1, 0.15) is 0 Å². The molecule has 0 radical (unpaired) electrons. The molecule has 0 heterocycles. The van der Waals surface area contributed by atoms with Crippen LogP contribution in [0, 0.1) is 0 Å². The maximum atomic E-state index is 2.58. The number of benzene rings is 2. The van der Waals surface area contributed by atoms with Crippen molar-refractivity contribution in [1.82, 2.24) is 0 Å². The number of hydrogen-bond acceptors (Lipinski definition) is 1. The van der Waals surface area contributed by atoms with Gasteiger partial charge in [-0.2, -0.15) is 0 Å². The summed E-state index contributed by atoms with van der Waals surface area (Å²) in [4.78, 5) is 2.58. The predicted molar refractivity (Wildman–Crippen MR) is 149 cm³/mol. The molecule has 0 aliphatic rings. The van der Waals surface area contributed by atoms with E-state index in [2.05, 4.69) is 73.3 Å². The molecule has 1 heteroatoms. The third-order valence-electron chi connectivity index (χ3n) is 6.89. The molecule has 33 heavy (non-hydrogen) atoms. The molecule has 0 saturated heterocycles. The van der Waals surface area contributed by atoms with Crippen molar-refractivity contribution >= 4 is 11.4 Å². The minimum Gasteiger partial charge on any atom is -0.341 e. The first-order valence-corrected chi connectivity index (χ1v) is 14.3. The second kappa shape index (κ2) is 18.6. The van der Waals surface area contributed by atoms with E-state index in [-0.39, 0.29) is 0 Å². The topological polar surface area (TPSA) is 3.24 Å². The molecule has 184 valence electrons. The van der Waals surface area contributed by atoms with Gasteiger partial charge in [0.15, 0.2) is 0 Å². The van der Waals surface area contributed by atoms with E-state index in [1.165, 1.54) is 126 Å². The SMILES string of the molecule is CCCCCCCCCCCCN(c1ccccc1)c1ccccc1CCCCCCCC. The highest BCUT2D eigenvalue weighted by Gasteiger charge is 2.13. The van der Waals surface area contributed by atoms with Crippen LogP contribution in [0.25, 0.3) is 0 Å². The summed E-state index contributed by atoms with van der Waals surface area (Å²) in [6, 6.07) is 20.2. The van der Waals surface area contributed by atoms with Gasteiger partial charge in [0.25, 0.3) is 0 Å². The summed E-state index contributed by atoms with van der Waals surface area (Å²) >= 11 is 0. The summed E-state index contributed by atoms with van der Waals surface area (Å²) in [6.45, 7) is 5.71. The van der Waals surface area contributed by atoms with Gasteiger partial charge in [0.05, 0.1) is 0 Å². The van der Waals surface area contributed by atoms with Crippen LogP contribution in [0.3, 0.4) is 0 Å². The number of rotatable bonds is 20. The zero-order valence-corrected chi connectivity index (χ0v) is 21.9. The molecular formula is C32H51N. The summed E-state index contributed by atoms with van der Waals surface area (Å²) in [5.41, 5.74) is 4.28. The van der Waals surface area contributed by atoms with Crippen LogP contribution in [-0.4, -0.2) is 6.54 Å². The van der Waals surface area contributed by atoms with Gasteiger partial charge in [-0.05, 0) is 43.0 Å². The molecule has 0 atom stereocenters. The fraction of sp³-hybridized carbons (Fsp3) is 0.625. The Bertz CT molecular complexity index is 693. The van der Waals surface area contributed by atoms with Gasteiger partial charge in [-0.3, -0.25) is 0 Å². The Balaban J connectivity index is 1.85. The van der Waals surface area contributed by atoms with Crippen LogP contribution in [0.5, 0.6) is 0 Å². The van der Waals surface area contributed by atoms with Crippen LogP contribution in [0.2, 0.25) is 0 Å². The molecule has 2 aromatic rings. The van der Waals surface area contributed by atoms with Crippen molar-refractivity contribution in [2.45, 2.75) is 123 Å². The maximum absolute atomic E-state index is 2.58. The van der Waals surface area contributed by atoms with Crippen LogP contribution < -0.4 is 4.90 Å². The van der Waals surface area contributed by atoms with E-state index in [4.69, 9.17) is 0 Å². The van der Waals surface area contributed by atoms with Crippen molar-refractivity contribution in [3.63, 3.8) is 0 Å². The molecule has 1 nitrogen and oxygen atoms in total. The van der Waals surface area contributed by atoms with E-state index in [0.717, 1.165) is 6.54 Å². The average Bonchev–Trinajstić information content (AvgIpc) is 2.86. The summed E-state index contributed by atoms with van der Waals surface area (Å²) < 4.78 is 0. The van der Waals surface area contributed by atoms with Crippen molar-refractivity contribution in [2.75, 3.05) is 11.4 Å². The molecule has 0 aromatic heterocycles. The van der Waals surface area contributed by atoms with Crippen molar-refractivity contribution in [1.29, 1.82) is 0 Å². The molecule has 2 aromatic carbocycles. The van der Waals surface area contributed by atoms with Crippen LogP contribution in [0.15, 0.2) is 54.6 Å². The zero-order valence-electron chi connectivity index (χ0n) is 21.9. The predicted octanol–water partition coefficient (Wildman–Crippen LogP) is 10.6. The highest BCUT2D eigenvalue weighted by molar-refractivity contribution is 5.66. The van der Waals surface area contributed by atoms with Gasteiger partial charge in [-0.15, -0.1) is 0 Å². The largest absolute Gasteiger partial charge is 0.341 e. The van der Waals surface area contributed by atoms with E-state index in [9.17, 15) is 0 Å². The highest BCUT2D eigenvalue weighted by Crippen LogP contribution is 2.30. The summed E-state index contributed by atoms with van der Waals surface area (Å²) in [7, 11) is 0. The van der Waals surface area contributed by atoms with Crippen LogP contribution in [-0.2, 0) is 6.42 Å². The van der Waals surface area contributed by atoms with Gasteiger partial charge in [0.2, 0.25) is 0 Å². The van der Waals surface area contributed by atoms with Gasteiger partial charge >= 0.3 is 0 Å². The lowest BCUT2D eigenvalue weighted by molar-refractivity contribution is 0.557. The highest BCUT2D eigenvalue weighted by atomic mass is 15.1. The standard InChI is InChI=1S/C32H51N/c1-3-5-7-9-11-12-13-14-16-23-29-33(31-26-19-17-20-27-31)32-28-22-21-25-30(32)24-18-15-10-8-6-4-2/h17,19-22,25-28H,3-16,18,23-24,29H2,1-2H3. The first-order valence-electron chi connectivity index (χ1n) is 14.3. The average molecular weight is 450 g/mol. The molecular weight excluding hydrogens is 398 g/mol. The number of aryl methyl sites for hydroxylation is 1. The monoisotopic (exact) mass is 449 g/mol. The van der Waals surface area contributed by atoms with Gasteiger partial charge in [-0.1, -0.05) is 140 Å². The molecule has 0 unspecified atom stereocenters. The number of anilines is 2. The molecule has 0 saturated carbocycles. The molecule has 0 fully saturated rings. The van der Waals surface area contributed by atoms with E-state index >= 15 is 0 Å². The Labute approximate surface area is 206 Å². The molecule has 0 N–H and O–H groups in total. The normalized spacial score (nSPS) is 11.1. The Morgan fingerprint density at radius 2 is 0.970 bits per heavy atom. The Morgan fingerprint density at radius 3 is 1.58 bits per heavy atom.